The molecule has 0 saturated carbocycles. The van der Waals surface area contributed by atoms with Crippen LogP contribution in [0, 0.1) is 0 Å². The van der Waals surface area contributed by atoms with E-state index in [1.807, 2.05) is 71.3 Å². The number of nitrogens with zero attached hydrogens (tertiary/aromatic N) is 10. The minimum atomic E-state index is -0.535. The molecule has 2 amide bonds. The number of aromatic amines is 2. The van der Waals surface area contributed by atoms with Crippen molar-refractivity contribution in [1.29, 1.82) is 0 Å². The molecule has 0 unspecified atom stereocenters. The van der Waals surface area contributed by atoms with Gasteiger partial charge in [0.15, 0.2) is 16.3 Å². The maximum Gasteiger partial charge on any atom is 0.410 e. The Morgan fingerprint density at radius 3 is 1.60 bits per heavy atom. The predicted octanol–water partition coefficient (Wildman–Crippen LogP) is 3.99. The summed E-state index contributed by atoms with van der Waals surface area (Å²) in [6.45, 7) is 19.8. The number of allylic oxidation sites excluding steroid dienone is 1. The molecular formula is C37H53BrN12O7. The standard InChI is InChI=1S/C21H30N6O4.C16H23BrN6O3/c1-5-14-16(25-9-11-26(12-10-25)20(29)31-21(2,3)4)18(28)27-19(22-14)23-17(24-27)15-8-6-7-13-30-15;1-5-10-11(12(24)23-14(18-10)19-13(17)20-23)21-6-8-22(9-7-21)15(25)26-16(2,3)4/h8H,5-7,9-13H2,1-4H3,(H,22,23,24);5-9H2,1-4H3,(H,18,19,20). The molecule has 0 aliphatic carbocycles. The Hall–Kier alpha value is -5.14. The summed E-state index contributed by atoms with van der Waals surface area (Å²) in [5, 5.41) is 5.89. The van der Waals surface area contributed by atoms with Crippen LogP contribution in [0.3, 0.4) is 0 Å². The average Bonchev–Trinajstić information content (AvgIpc) is 3.78. The second-order valence-electron chi connectivity index (χ2n) is 16.0. The number of ether oxygens (including phenoxy) is 3. The van der Waals surface area contributed by atoms with E-state index in [9.17, 15) is 19.2 Å². The van der Waals surface area contributed by atoms with Gasteiger partial charge >= 0.3 is 12.2 Å². The molecule has 7 heterocycles. The Morgan fingerprint density at radius 1 is 0.719 bits per heavy atom. The number of piperazine rings is 2. The minimum Gasteiger partial charge on any atom is -0.490 e. The summed E-state index contributed by atoms with van der Waals surface area (Å²) in [6.07, 6.45) is 4.45. The largest absolute Gasteiger partial charge is 0.490 e. The van der Waals surface area contributed by atoms with Crippen molar-refractivity contribution in [2.45, 2.75) is 92.3 Å². The Kier molecular flexibility index (Phi) is 12.2. The molecule has 310 valence electrons. The van der Waals surface area contributed by atoms with E-state index in [4.69, 9.17) is 14.2 Å². The first kappa shape index (κ1) is 41.5. The Bertz CT molecular complexity index is 2250. The molecule has 2 saturated heterocycles. The first-order valence-electron chi connectivity index (χ1n) is 19.4. The van der Waals surface area contributed by atoms with Crippen molar-refractivity contribution < 1.29 is 23.8 Å². The van der Waals surface area contributed by atoms with Crippen LogP contribution in [0.2, 0.25) is 0 Å². The second kappa shape index (κ2) is 16.8. The van der Waals surface area contributed by atoms with Gasteiger partial charge in [0.1, 0.15) is 22.6 Å². The van der Waals surface area contributed by atoms with Crippen LogP contribution in [0.25, 0.3) is 17.3 Å². The zero-order valence-corrected chi connectivity index (χ0v) is 35.6. The van der Waals surface area contributed by atoms with Gasteiger partial charge in [0, 0.05) is 52.4 Å². The molecule has 3 aliphatic heterocycles. The summed E-state index contributed by atoms with van der Waals surface area (Å²) in [7, 11) is 0. The van der Waals surface area contributed by atoms with Gasteiger partial charge in [-0.25, -0.2) is 19.6 Å². The Labute approximate surface area is 338 Å². The van der Waals surface area contributed by atoms with Crippen molar-refractivity contribution in [3.8, 4) is 0 Å². The summed E-state index contributed by atoms with van der Waals surface area (Å²) in [5.74, 6) is 1.85. The number of nitrogens with one attached hydrogen (secondary N) is 2. The highest BCUT2D eigenvalue weighted by molar-refractivity contribution is 9.10. The van der Waals surface area contributed by atoms with Crippen molar-refractivity contribution in [2.75, 3.05) is 68.8 Å². The lowest BCUT2D eigenvalue weighted by molar-refractivity contribution is 0.0230. The zero-order valence-electron chi connectivity index (χ0n) is 34.0. The maximum absolute atomic E-state index is 13.4. The molecule has 7 rings (SSSR count). The maximum atomic E-state index is 13.4. The van der Waals surface area contributed by atoms with Gasteiger partial charge in [-0.05, 0) is 89.2 Å². The third kappa shape index (κ3) is 9.53. The molecule has 0 aromatic carbocycles. The zero-order chi connectivity index (χ0) is 41.2. The van der Waals surface area contributed by atoms with Crippen LogP contribution in [0.5, 0.6) is 0 Å². The quantitative estimate of drug-likeness (QED) is 0.292. The van der Waals surface area contributed by atoms with Crippen molar-refractivity contribution in [1.82, 2.24) is 49.0 Å². The van der Waals surface area contributed by atoms with Crippen molar-refractivity contribution in [3.63, 3.8) is 0 Å². The van der Waals surface area contributed by atoms with Crippen LogP contribution in [-0.4, -0.2) is 131 Å². The van der Waals surface area contributed by atoms with E-state index >= 15 is 0 Å². The summed E-state index contributed by atoms with van der Waals surface area (Å²) in [4.78, 5) is 75.9. The number of halogens is 1. The van der Waals surface area contributed by atoms with Crippen LogP contribution in [0.4, 0.5) is 21.0 Å². The molecule has 0 spiro atoms. The first-order valence-corrected chi connectivity index (χ1v) is 20.2. The van der Waals surface area contributed by atoms with Crippen LogP contribution in [0.1, 0.15) is 85.4 Å². The SMILES string of the molecule is CCc1nc2nc(Br)[nH]n2c(=O)c1N1CCN(C(=O)OC(C)(C)C)CC1.CCc1nc2nc(C3=CCCCO3)[nH]n2c(=O)c1N1CCN(C(=O)OC(C)(C)C)CC1. The molecule has 57 heavy (non-hydrogen) atoms. The van der Waals surface area contributed by atoms with Gasteiger partial charge in [-0.2, -0.15) is 19.0 Å². The van der Waals surface area contributed by atoms with Gasteiger partial charge in [0.05, 0.1) is 18.0 Å². The molecule has 0 radical (unpaired) electrons. The van der Waals surface area contributed by atoms with E-state index in [-0.39, 0.29) is 23.3 Å². The number of amides is 2. The molecule has 0 atom stereocenters. The lowest BCUT2D eigenvalue weighted by Gasteiger charge is -2.36. The fourth-order valence-electron chi connectivity index (χ4n) is 6.71. The van der Waals surface area contributed by atoms with Crippen LogP contribution in [0.15, 0.2) is 20.4 Å². The van der Waals surface area contributed by atoms with Crippen LogP contribution in [-0.2, 0) is 27.1 Å². The van der Waals surface area contributed by atoms with Crippen LogP contribution >= 0.6 is 15.9 Å². The predicted molar refractivity (Wildman–Crippen MR) is 217 cm³/mol. The van der Waals surface area contributed by atoms with Crippen LogP contribution < -0.4 is 20.9 Å². The number of hydrogen-bond donors (Lipinski definition) is 2. The fraction of sp³-hybridized carbons (Fsp3) is 0.622. The number of carbonyl (C=O) groups is 2. The number of rotatable bonds is 5. The third-order valence-electron chi connectivity index (χ3n) is 9.39. The monoisotopic (exact) mass is 856 g/mol. The van der Waals surface area contributed by atoms with Crippen molar-refractivity contribution in [3.05, 3.63) is 48.7 Å². The first-order chi connectivity index (χ1) is 27.0. The number of anilines is 2. The smallest absolute Gasteiger partial charge is 0.410 e. The van der Waals surface area contributed by atoms with E-state index < -0.39 is 11.2 Å². The van der Waals surface area contributed by atoms with Crippen molar-refractivity contribution in [2.24, 2.45) is 0 Å². The molecule has 2 N–H and O–H groups in total. The molecular weight excluding hydrogens is 804 g/mol. The lowest BCUT2D eigenvalue weighted by atomic mass is 10.2. The fourth-order valence-corrected chi connectivity index (χ4v) is 7.05. The summed E-state index contributed by atoms with van der Waals surface area (Å²) >= 11 is 3.24. The van der Waals surface area contributed by atoms with E-state index in [0.717, 1.165) is 12.8 Å². The van der Waals surface area contributed by atoms with E-state index in [0.29, 0.717) is 122 Å². The minimum absolute atomic E-state index is 0.184. The number of carbonyl (C=O) groups excluding carboxylic acids is 2. The normalized spacial score (nSPS) is 16.6. The lowest BCUT2D eigenvalue weighted by Crippen LogP contribution is -2.51. The number of aryl methyl sites for hydroxylation is 2. The molecule has 20 heteroatoms. The molecule has 2 fully saturated rings. The van der Waals surface area contributed by atoms with E-state index in [2.05, 4.69) is 46.1 Å². The molecule has 4 aromatic rings. The van der Waals surface area contributed by atoms with E-state index in [1.54, 1.807) is 9.80 Å². The number of H-pyrrole nitrogens is 2. The molecule has 0 bridgehead atoms. The number of aromatic nitrogens is 8. The Balaban J connectivity index is 0.000000196. The van der Waals surface area contributed by atoms with Crippen molar-refractivity contribution >= 4 is 56.8 Å². The molecule has 4 aromatic heterocycles. The topological polar surface area (TPSA) is 201 Å². The highest BCUT2D eigenvalue weighted by Crippen LogP contribution is 2.23. The number of fused-ring (bicyclic) bond motifs is 2. The van der Waals surface area contributed by atoms with Gasteiger partial charge in [0.2, 0.25) is 0 Å². The van der Waals surface area contributed by atoms with Gasteiger partial charge in [0.25, 0.3) is 22.7 Å². The number of hydrogen-bond acceptors (Lipinski definition) is 13. The summed E-state index contributed by atoms with van der Waals surface area (Å²) in [6, 6.07) is 0. The van der Waals surface area contributed by atoms with E-state index in [1.165, 1.54) is 9.03 Å². The summed E-state index contributed by atoms with van der Waals surface area (Å²) in [5.41, 5.74) is 1.09. The summed E-state index contributed by atoms with van der Waals surface area (Å²) < 4.78 is 19.7. The average molecular weight is 858 g/mol. The van der Waals surface area contributed by atoms with Gasteiger partial charge in [-0.3, -0.25) is 19.8 Å². The Morgan fingerprint density at radius 2 is 1.18 bits per heavy atom. The second-order valence-corrected chi connectivity index (χ2v) is 16.7. The third-order valence-corrected chi connectivity index (χ3v) is 9.75. The van der Waals surface area contributed by atoms with Gasteiger partial charge in [-0.1, -0.05) is 13.8 Å². The highest BCUT2D eigenvalue weighted by atomic mass is 79.9. The molecule has 19 nitrogen and oxygen atoms in total. The van der Waals surface area contributed by atoms with Gasteiger partial charge < -0.3 is 33.8 Å². The highest BCUT2D eigenvalue weighted by Gasteiger charge is 2.31. The molecule has 3 aliphatic rings. The van der Waals surface area contributed by atoms with Gasteiger partial charge in [-0.15, -0.1) is 0 Å².